The van der Waals surface area contributed by atoms with Crippen molar-refractivity contribution in [3.8, 4) is 5.88 Å². The first-order chi connectivity index (χ1) is 11.1. The van der Waals surface area contributed by atoms with Gasteiger partial charge in [0.1, 0.15) is 0 Å². The quantitative estimate of drug-likeness (QED) is 0.695. The van der Waals surface area contributed by atoms with Crippen LogP contribution in [0.5, 0.6) is 5.88 Å². The van der Waals surface area contributed by atoms with Crippen LogP contribution in [0.4, 0.5) is 0 Å². The molecular weight excluding hydrogens is 321 g/mol. The van der Waals surface area contributed by atoms with E-state index < -0.39 is 29.5 Å². The Morgan fingerprint density at radius 2 is 1.32 bits per heavy atom. The van der Waals surface area contributed by atoms with Gasteiger partial charge in [0.2, 0.25) is 5.88 Å². The van der Waals surface area contributed by atoms with E-state index in [0.29, 0.717) is 11.3 Å². The molecule has 0 bridgehead atoms. The van der Waals surface area contributed by atoms with Crippen molar-refractivity contribution < 1.29 is 24.3 Å². The van der Waals surface area contributed by atoms with Crippen molar-refractivity contribution in [2.24, 2.45) is 0 Å². The summed E-state index contributed by atoms with van der Waals surface area (Å²) in [5, 5.41) is 20.9. The summed E-state index contributed by atoms with van der Waals surface area (Å²) in [5.74, 6) is 0.366. The second-order valence-corrected chi connectivity index (χ2v) is 8.31. The van der Waals surface area contributed by atoms with E-state index in [1.807, 2.05) is 0 Å². The number of pyridine rings is 1. The number of methoxy groups -OCH3 is 1. The molecule has 0 aromatic carbocycles. The Bertz CT molecular complexity index is 548. The number of ether oxygens (including phenoxy) is 1. The van der Waals surface area contributed by atoms with Crippen LogP contribution in [0.2, 0.25) is 0 Å². The van der Waals surface area contributed by atoms with Crippen molar-refractivity contribution >= 4 is 12.6 Å². The van der Waals surface area contributed by atoms with Crippen LogP contribution in [-0.2, 0) is 9.31 Å². The van der Waals surface area contributed by atoms with Gasteiger partial charge in [0.05, 0.1) is 29.5 Å². The fraction of sp³-hybridized carbons (Fsp3) is 0.722. The number of aliphatic hydroxyl groups is 2. The molecule has 1 aromatic rings. The largest absolute Gasteiger partial charge is 0.500 e. The van der Waals surface area contributed by atoms with E-state index >= 15 is 0 Å². The van der Waals surface area contributed by atoms with Gasteiger partial charge in [-0.15, -0.1) is 0 Å². The average Bonchev–Trinajstić information content (AvgIpc) is 2.43. The van der Waals surface area contributed by atoms with Crippen molar-refractivity contribution in [3.05, 3.63) is 18.3 Å². The molecule has 0 aliphatic rings. The Morgan fingerprint density at radius 3 is 1.68 bits per heavy atom. The third kappa shape index (κ3) is 5.17. The highest BCUT2D eigenvalue weighted by Crippen LogP contribution is 2.30. The standard InChI is InChI=1S/C18H32BNO5/c1-15(2,21)17(5,6)24-19(25-18(7,8)16(3,4)22)13-11-10-12-20-14(13)23-9/h10-12,21-22H,1-9H3. The van der Waals surface area contributed by atoms with Crippen molar-refractivity contribution in [1.29, 1.82) is 0 Å². The van der Waals surface area contributed by atoms with Gasteiger partial charge in [-0.1, -0.05) is 6.07 Å². The number of hydrogen-bond donors (Lipinski definition) is 2. The number of aromatic nitrogens is 1. The predicted octanol–water partition coefficient (Wildman–Crippen LogP) is 1.92. The zero-order valence-corrected chi connectivity index (χ0v) is 16.9. The number of hydrogen-bond acceptors (Lipinski definition) is 6. The fourth-order valence-electron chi connectivity index (χ4n) is 1.73. The zero-order valence-electron chi connectivity index (χ0n) is 16.9. The van der Waals surface area contributed by atoms with Crippen molar-refractivity contribution in [1.82, 2.24) is 4.98 Å². The summed E-state index contributed by atoms with van der Waals surface area (Å²) in [6, 6.07) is 3.54. The van der Waals surface area contributed by atoms with E-state index in [2.05, 4.69) is 4.98 Å². The maximum absolute atomic E-state index is 10.4. The van der Waals surface area contributed by atoms with Crippen LogP contribution in [-0.4, -0.2) is 51.8 Å². The van der Waals surface area contributed by atoms with Gasteiger partial charge >= 0.3 is 7.12 Å². The van der Waals surface area contributed by atoms with E-state index in [1.165, 1.54) is 7.11 Å². The molecule has 25 heavy (non-hydrogen) atoms. The molecule has 1 aromatic heterocycles. The molecule has 0 atom stereocenters. The lowest BCUT2D eigenvalue weighted by molar-refractivity contribution is -0.132. The fourth-order valence-corrected chi connectivity index (χ4v) is 1.73. The Hall–Kier alpha value is -1.15. The maximum Gasteiger partial charge on any atom is 0.500 e. The summed E-state index contributed by atoms with van der Waals surface area (Å²) in [7, 11) is 0.622. The highest BCUT2D eigenvalue weighted by Gasteiger charge is 2.46. The van der Waals surface area contributed by atoms with E-state index in [1.54, 1.807) is 73.7 Å². The van der Waals surface area contributed by atoms with Crippen LogP contribution in [0, 0.1) is 0 Å². The van der Waals surface area contributed by atoms with Gasteiger partial charge in [-0.2, -0.15) is 0 Å². The topological polar surface area (TPSA) is 81.0 Å². The molecule has 0 aliphatic carbocycles. The molecule has 142 valence electrons. The first kappa shape index (κ1) is 21.9. The molecule has 1 heterocycles. The van der Waals surface area contributed by atoms with Crippen LogP contribution >= 0.6 is 0 Å². The lowest BCUT2D eigenvalue weighted by atomic mass is 9.74. The minimum atomic E-state index is -1.12. The van der Waals surface area contributed by atoms with E-state index in [0.717, 1.165) is 0 Å². The van der Waals surface area contributed by atoms with E-state index in [-0.39, 0.29) is 0 Å². The number of rotatable bonds is 8. The van der Waals surface area contributed by atoms with E-state index in [9.17, 15) is 10.2 Å². The van der Waals surface area contributed by atoms with Crippen LogP contribution in [0.25, 0.3) is 0 Å². The summed E-state index contributed by atoms with van der Waals surface area (Å²) in [5.41, 5.74) is -3.53. The van der Waals surface area contributed by atoms with Crippen LogP contribution in [0.1, 0.15) is 55.4 Å². The molecule has 0 aliphatic heterocycles. The highest BCUT2D eigenvalue weighted by atomic mass is 16.6. The molecule has 1 rings (SSSR count). The number of nitrogens with zero attached hydrogens (tertiary/aromatic N) is 1. The first-order valence-electron chi connectivity index (χ1n) is 8.42. The van der Waals surface area contributed by atoms with Crippen LogP contribution in [0.15, 0.2) is 18.3 Å². The smallest absolute Gasteiger partial charge is 0.481 e. The molecule has 6 nitrogen and oxygen atoms in total. The molecule has 0 radical (unpaired) electrons. The predicted molar refractivity (Wildman–Crippen MR) is 99.1 cm³/mol. The minimum Gasteiger partial charge on any atom is -0.481 e. The van der Waals surface area contributed by atoms with Crippen molar-refractivity contribution in [2.75, 3.05) is 7.11 Å². The Balaban J connectivity index is 3.33. The lowest BCUT2D eigenvalue weighted by Crippen LogP contribution is -2.59. The average molecular weight is 353 g/mol. The normalized spacial score (nSPS) is 13.7. The van der Waals surface area contributed by atoms with Gasteiger partial charge in [-0.3, -0.25) is 0 Å². The molecule has 0 fully saturated rings. The van der Waals surface area contributed by atoms with Gasteiger partial charge < -0.3 is 24.3 Å². The maximum atomic E-state index is 10.4. The molecule has 0 amide bonds. The third-order valence-corrected chi connectivity index (χ3v) is 5.00. The summed E-state index contributed by atoms with van der Waals surface area (Å²) in [6.07, 6.45) is 1.61. The monoisotopic (exact) mass is 353 g/mol. The second kappa shape index (κ2) is 7.23. The Kier molecular flexibility index (Phi) is 6.33. The van der Waals surface area contributed by atoms with Gasteiger partial charge in [-0.05, 0) is 61.5 Å². The molecular formula is C18H32BNO5. The summed E-state index contributed by atoms with van der Waals surface area (Å²) in [6.45, 7) is 13.8. The van der Waals surface area contributed by atoms with Gasteiger partial charge in [0.15, 0.2) is 0 Å². The van der Waals surface area contributed by atoms with Crippen molar-refractivity contribution in [3.63, 3.8) is 0 Å². The minimum absolute atomic E-state index is 0.366. The molecule has 0 saturated heterocycles. The zero-order chi connectivity index (χ0) is 19.7. The first-order valence-corrected chi connectivity index (χ1v) is 8.42. The molecule has 0 unspecified atom stereocenters. The van der Waals surface area contributed by atoms with Crippen LogP contribution in [0.3, 0.4) is 0 Å². The van der Waals surface area contributed by atoms with E-state index in [4.69, 9.17) is 14.0 Å². The Labute approximate surface area is 151 Å². The van der Waals surface area contributed by atoms with Gasteiger partial charge in [0, 0.05) is 11.7 Å². The lowest BCUT2D eigenvalue weighted by Gasteiger charge is -2.43. The third-order valence-electron chi connectivity index (χ3n) is 5.00. The highest BCUT2D eigenvalue weighted by molar-refractivity contribution is 6.62. The summed E-state index contributed by atoms with van der Waals surface area (Å²) in [4.78, 5) is 4.20. The summed E-state index contributed by atoms with van der Waals surface area (Å²) >= 11 is 0. The molecule has 7 heteroatoms. The molecule has 2 N–H and O–H groups in total. The Morgan fingerprint density at radius 1 is 0.880 bits per heavy atom. The van der Waals surface area contributed by atoms with Gasteiger partial charge in [-0.25, -0.2) is 4.98 Å². The van der Waals surface area contributed by atoms with Gasteiger partial charge in [0.25, 0.3) is 0 Å². The molecule has 0 saturated carbocycles. The second-order valence-electron chi connectivity index (χ2n) is 8.31. The molecule has 0 spiro atoms. The van der Waals surface area contributed by atoms with Crippen LogP contribution < -0.4 is 10.2 Å². The SMILES string of the molecule is COc1ncccc1B(OC(C)(C)C(C)(C)O)OC(C)(C)C(C)(C)O. The van der Waals surface area contributed by atoms with Crippen molar-refractivity contribution in [2.45, 2.75) is 77.8 Å². The summed E-state index contributed by atoms with van der Waals surface area (Å²) < 4.78 is 17.6.